The summed E-state index contributed by atoms with van der Waals surface area (Å²) in [6, 6.07) is 5.68. The second-order valence-corrected chi connectivity index (χ2v) is 6.62. The van der Waals surface area contributed by atoms with Gasteiger partial charge in [-0.05, 0) is 24.1 Å². The number of hydrogen-bond acceptors (Lipinski definition) is 6. The van der Waals surface area contributed by atoms with E-state index in [2.05, 4.69) is 22.0 Å². The summed E-state index contributed by atoms with van der Waals surface area (Å²) in [4.78, 5) is 12.5. The van der Waals surface area contributed by atoms with Crippen LogP contribution in [0.15, 0.2) is 39.4 Å². The van der Waals surface area contributed by atoms with Crippen molar-refractivity contribution in [2.75, 3.05) is 6.79 Å². The summed E-state index contributed by atoms with van der Waals surface area (Å²) in [6.45, 7) is 0.148. The molecule has 0 saturated heterocycles. The van der Waals surface area contributed by atoms with Crippen LogP contribution in [0, 0.1) is 11.3 Å². The minimum absolute atomic E-state index is 0.00827. The van der Waals surface area contributed by atoms with Gasteiger partial charge in [-0.1, -0.05) is 15.9 Å². The third-order valence-electron chi connectivity index (χ3n) is 4.41. The summed E-state index contributed by atoms with van der Waals surface area (Å²) in [6.07, 6.45) is 1.81. The number of ether oxygens (including phenoxy) is 3. The molecule has 3 aliphatic rings. The number of nitrogens with two attached hydrogens (primary N) is 1. The van der Waals surface area contributed by atoms with E-state index >= 15 is 0 Å². The number of hydrogen-bond donors (Lipinski definition) is 1. The third kappa shape index (κ3) is 2.18. The van der Waals surface area contributed by atoms with E-state index < -0.39 is 5.92 Å². The number of nitrogens with zero attached hydrogens (tertiary/aromatic N) is 1. The largest absolute Gasteiger partial charge is 0.454 e. The zero-order valence-corrected chi connectivity index (χ0v) is 14.2. The minimum Gasteiger partial charge on any atom is -0.454 e. The monoisotopic (exact) mass is 388 g/mol. The van der Waals surface area contributed by atoms with Crippen LogP contribution in [0.25, 0.3) is 0 Å². The van der Waals surface area contributed by atoms with Crippen LogP contribution in [0.2, 0.25) is 0 Å². The van der Waals surface area contributed by atoms with Crippen LogP contribution < -0.4 is 15.2 Å². The maximum Gasteiger partial charge on any atom is 0.231 e. The van der Waals surface area contributed by atoms with Crippen molar-refractivity contribution in [1.82, 2.24) is 0 Å². The van der Waals surface area contributed by atoms with Gasteiger partial charge in [0.2, 0.25) is 12.7 Å². The fraction of sp³-hybridized carbons (Fsp3) is 0.294. The highest BCUT2D eigenvalue weighted by Gasteiger charge is 2.39. The van der Waals surface area contributed by atoms with Crippen molar-refractivity contribution < 1.29 is 19.0 Å². The highest BCUT2D eigenvalue weighted by atomic mass is 79.9. The van der Waals surface area contributed by atoms with Crippen LogP contribution in [0.1, 0.15) is 30.7 Å². The number of ketones is 1. The molecular formula is C17H13BrN2O4. The molecule has 4 rings (SSSR count). The molecule has 0 radical (unpaired) electrons. The summed E-state index contributed by atoms with van der Waals surface area (Å²) in [5.74, 6) is 1.26. The molecule has 2 heterocycles. The molecule has 0 amide bonds. The number of halogens is 1. The van der Waals surface area contributed by atoms with Crippen molar-refractivity contribution in [3.05, 3.63) is 45.0 Å². The van der Waals surface area contributed by atoms with Gasteiger partial charge in [0.25, 0.3) is 0 Å². The van der Waals surface area contributed by atoms with E-state index in [1.54, 1.807) is 12.1 Å². The summed E-state index contributed by atoms with van der Waals surface area (Å²) in [7, 11) is 0. The molecule has 1 aliphatic carbocycles. The Hall–Kier alpha value is -2.46. The van der Waals surface area contributed by atoms with Crippen molar-refractivity contribution in [3.63, 3.8) is 0 Å². The number of nitriles is 1. The quantitative estimate of drug-likeness (QED) is 0.794. The van der Waals surface area contributed by atoms with Gasteiger partial charge in [-0.3, -0.25) is 4.79 Å². The number of benzene rings is 1. The SMILES string of the molecule is N#CC1=C(N)OC2=C(C(=O)CCC2)[C@@H]1c1cc2c(cc1Br)OCO2. The predicted molar refractivity (Wildman–Crippen MR) is 86.8 cm³/mol. The third-order valence-corrected chi connectivity index (χ3v) is 5.09. The van der Waals surface area contributed by atoms with Gasteiger partial charge in [-0.25, -0.2) is 0 Å². The zero-order chi connectivity index (χ0) is 16.8. The Morgan fingerprint density at radius 3 is 2.75 bits per heavy atom. The van der Waals surface area contributed by atoms with Gasteiger partial charge in [0, 0.05) is 22.9 Å². The molecule has 2 aliphatic heterocycles. The lowest BCUT2D eigenvalue weighted by atomic mass is 9.77. The first-order chi connectivity index (χ1) is 11.6. The van der Waals surface area contributed by atoms with Crippen LogP contribution >= 0.6 is 15.9 Å². The van der Waals surface area contributed by atoms with E-state index in [0.29, 0.717) is 35.7 Å². The van der Waals surface area contributed by atoms with Crippen LogP contribution in [0.4, 0.5) is 0 Å². The van der Waals surface area contributed by atoms with E-state index in [0.717, 1.165) is 16.5 Å². The van der Waals surface area contributed by atoms with Gasteiger partial charge in [0.05, 0.1) is 5.92 Å². The van der Waals surface area contributed by atoms with E-state index in [9.17, 15) is 10.1 Å². The molecule has 0 bridgehead atoms. The standard InChI is InChI=1S/C17H13BrN2O4/c18-10-5-14-13(22-7-23-14)4-8(10)15-9(6-19)17(20)24-12-3-1-2-11(21)16(12)15/h4-5,15H,1-3,7,20H2/t15-/m1/s1. The maximum atomic E-state index is 12.5. The lowest BCUT2D eigenvalue weighted by Gasteiger charge is -2.31. The molecule has 0 unspecified atom stereocenters. The molecule has 7 heteroatoms. The first-order valence-corrected chi connectivity index (χ1v) is 8.32. The van der Waals surface area contributed by atoms with Gasteiger partial charge < -0.3 is 19.9 Å². The van der Waals surface area contributed by atoms with Crippen LogP contribution in [0.5, 0.6) is 11.5 Å². The fourth-order valence-corrected chi connectivity index (χ4v) is 3.87. The Bertz CT molecular complexity index is 866. The molecule has 1 aromatic rings. The van der Waals surface area contributed by atoms with Crippen molar-refractivity contribution >= 4 is 21.7 Å². The first kappa shape index (κ1) is 15.1. The number of Topliss-reactive ketones (excluding diaryl/α,β-unsaturated/α-hetero) is 1. The van der Waals surface area contributed by atoms with Gasteiger partial charge in [0.1, 0.15) is 17.4 Å². The average molecular weight is 389 g/mol. The second kappa shape index (κ2) is 5.56. The Morgan fingerprint density at radius 1 is 1.25 bits per heavy atom. The predicted octanol–water partition coefficient (Wildman–Crippen LogP) is 2.99. The Kier molecular flexibility index (Phi) is 3.50. The topological polar surface area (TPSA) is 94.6 Å². The van der Waals surface area contributed by atoms with Gasteiger partial charge in [-0.2, -0.15) is 5.26 Å². The first-order valence-electron chi connectivity index (χ1n) is 7.53. The number of rotatable bonds is 1. The van der Waals surface area contributed by atoms with Crippen molar-refractivity contribution in [2.24, 2.45) is 5.73 Å². The Morgan fingerprint density at radius 2 is 2.00 bits per heavy atom. The lowest BCUT2D eigenvalue weighted by Crippen LogP contribution is -2.27. The average Bonchev–Trinajstić information content (AvgIpc) is 3.00. The molecule has 0 saturated carbocycles. The second-order valence-electron chi connectivity index (χ2n) is 5.77. The minimum atomic E-state index is -0.560. The van der Waals surface area contributed by atoms with Crippen LogP contribution in [-0.2, 0) is 9.53 Å². The number of allylic oxidation sites excluding steroid dienone is 3. The number of carbonyl (C=O) groups is 1. The smallest absolute Gasteiger partial charge is 0.231 e. The molecule has 2 N–H and O–H groups in total. The molecule has 1 aromatic carbocycles. The normalized spacial score (nSPS) is 22.2. The van der Waals surface area contributed by atoms with Gasteiger partial charge in [-0.15, -0.1) is 0 Å². The highest BCUT2D eigenvalue weighted by Crippen LogP contribution is 2.48. The van der Waals surface area contributed by atoms with E-state index in [4.69, 9.17) is 19.9 Å². The summed E-state index contributed by atoms with van der Waals surface area (Å²) >= 11 is 3.52. The Labute approximate surface area is 146 Å². The van der Waals surface area contributed by atoms with E-state index in [-0.39, 0.29) is 24.0 Å². The molecular weight excluding hydrogens is 376 g/mol. The van der Waals surface area contributed by atoms with Crippen molar-refractivity contribution in [3.8, 4) is 17.6 Å². The van der Waals surface area contributed by atoms with E-state index in [1.165, 1.54) is 0 Å². The van der Waals surface area contributed by atoms with Crippen molar-refractivity contribution in [1.29, 1.82) is 5.26 Å². The van der Waals surface area contributed by atoms with Gasteiger partial charge >= 0.3 is 0 Å². The molecule has 1 atom stereocenters. The lowest BCUT2D eigenvalue weighted by molar-refractivity contribution is -0.116. The molecule has 122 valence electrons. The zero-order valence-electron chi connectivity index (χ0n) is 12.6. The highest BCUT2D eigenvalue weighted by molar-refractivity contribution is 9.10. The summed E-state index contributed by atoms with van der Waals surface area (Å²) in [5.41, 5.74) is 7.45. The molecule has 24 heavy (non-hydrogen) atoms. The number of fused-ring (bicyclic) bond motifs is 1. The molecule has 0 spiro atoms. The van der Waals surface area contributed by atoms with Crippen LogP contribution in [-0.4, -0.2) is 12.6 Å². The molecule has 6 nitrogen and oxygen atoms in total. The van der Waals surface area contributed by atoms with Gasteiger partial charge in [0.15, 0.2) is 17.3 Å². The fourth-order valence-electron chi connectivity index (χ4n) is 3.32. The van der Waals surface area contributed by atoms with Crippen LogP contribution in [0.3, 0.4) is 0 Å². The maximum absolute atomic E-state index is 12.5. The summed E-state index contributed by atoms with van der Waals surface area (Å²) in [5, 5.41) is 9.58. The van der Waals surface area contributed by atoms with E-state index in [1.807, 2.05) is 0 Å². The van der Waals surface area contributed by atoms with Crippen molar-refractivity contribution in [2.45, 2.75) is 25.2 Å². The summed E-state index contributed by atoms with van der Waals surface area (Å²) < 4.78 is 17.1. The molecule has 0 aromatic heterocycles. The number of carbonyl (C=O) groups excluding carboxylic acids is 1. The Balaban J connectivity index is 1.93. The molecule has 0 fully saturated rings.